The Bertz CT molecular complexity index is 544. The third-order valence-corrected chi connectivity index (χ3v) is 10.4. The number of aliphatic hydroxyl groups is 2. The molecule has 4 atom stereocenters. The van der Waals surface area contributed by atoms with Crippen molar-refractivity contribution in [3.05, 3.63) is 0 Å². The zero-order chi connectivity index (χ0) is 25.9. The van der Waals surface area contributed by atoms with E-state index < -0.39 is 0 Å². The van der Waals surface area contributed by atoms with Crippen LogP contribution in [0, 0.1) is 62.6 Å². The standard InChI is InChI=1S/C31H60O2/c1-27(2,3)21-15-19(16-22(25(21)32)28(4,5)6)31(13,14)20-17-23(29(7,8)9)26(33)24(18-20)30(10,11)12/h19-26,32-33H,15-18H2,1-14H3. The molecule has 0 aliphatic heterocycles. The fourth-order valence-corrected chi connectivity index (χ4v) is 7.55. The van der Waals surface area contributed by atoms with E-state index in [1.807, 2.05) is 0 Å². The summed E-state index contributed by atoms with van der Waals surface area (Å²) in [5.41, 5.74) is 0.579. The summed E-state index contributed by atoms with van der Waals surface area (Å²) in [6.07, 6.45) is 4.01. The second-order valence-electron chi connectivity index (χ2n) is 17.0. The highest BCUT2D eigenvalue weighted by Gasteiger charge is 2.54. The second-order valence-corrected chi connectivity index (χ2v) is 17.0. The van der Waals surface area contributed by atoms with Gasteiger partial charge in [-0.25, -0.2) is 0 Å². The molecule has 0 aromatic heterocycles. The van der Waals surface area contributed by atoms with Crippen molar-refractivity contribution in [3.63, 3.8) is 0 Å². The van der Waals surface area contributed by atoms with Crippen molar-refractivity contribution in [3.8, 4) is 0 Å². The maximum absolute atomic E-state index is 11.5. The van der Waals surface area contributed by atoms with Crippen LogP contribution in [0.4, 0.5) is 0 Å². The predicted molar refractivity (Wildman–Crippen MR) is 143 cm³/mol. The van der Waals surface area contributed by atoms with E-state index in [9.17, 15) is 10.2 Å². The molecule has 2 saturated carbocycles. The van der Waals surface area contributed by atoms with Gasteiger partial charge in [0.1, 0.15) is 0 Å². The predicted octanol–water partition coefficient (Wildman–Crippen LogP) is 8.20. The van der Waals surface area contributed by atoms with E-state index in [0.29, 0.717) is 35.5 Å². The Morgan fingerprint density at radius 2 is 0.576 bits per heavy atom. The lowest BCUT2D eigenvalue weighted by molar-refractivity contribution is -0.136. The van der Waals surface area contributed by atoms with Crippen molar-refractivity contribution in [1.29, 1.82) is 0 Å². The molecule has 0 radical (unpaired) electrons. The van der Waals surface area contributed by atoms with Crippen molar-refractivity contribution in [2.24, 2.45) is 62.6 Å². The van der Waals surface area contributed by atoms with Crippen LogP contribution in [0.15, 0.2) is 0 Å². The molecule has 2 heteroatoms. The Morgan fingerprint density at radius 1 is 0.394 bits per heavy atom. The number of aliphatic hydroxyl groups excluding tert-OH is 2. The summed E-state index contributed by atoms with van der Waals surface area (Å²) in [4.78, 5) is 0. The zero-order valence-corrected chi connectivity index (χ0v) is 24.8. The van der Waals surface area contributed by atoms with Crippen LogP contribution in [-0.4, -0.2) is 22.4 Å². The fraction of sp³-hybridized carbons (Fsp3) is 1.00. The third-order valence-electron chi connectivity index (χ3n) is 10.4. The van der Waals surface area contributed by atoms with E-state index in [4.69, 9.17) is 0 Å². The lowest BCUT2D eigenvalue weighted by Crippen LogP contribution is -2.54. The van der Waals surface area contributed by atoms with Crippen molar-refractivity contribution in [2.75, 3.05) is 0 Å². The van der Waals surface area contributed by atoms with Gasteiger partial charge in [0.25, 0.3) is 0 Å². The van der Waals surface area contributed by atoms with Crippen LogP contribution in [0.1, 0.15) is 123 Å². The highest BCUT2D eigenvalue weighted by Crippen LogP contribution is 2.59. The van der Waals surface area contributed by atoms with E-state index in [-0.39, 0.29) is 39.3 Å². The largest absolute Gasteiger partial charge is 0.393 e. The van der Waals surface area contributed by atoms with Crippen LogP contribution >= 0.6 is 0 Å². The molecule has 0 bridgehead atoms. The molecular weight excluding hydrogens is 404 g/mol. The molecule has 0 heterocycles. The van der Waals surface area contributed by atoms with Gasteiger partial charge in [-0.2, -0.15) is 0 Å². The number of hydrogen-bond acceptors (Lipinski definition) is 2. The Balaban J connectivity index is 2.46. The van der Waals surface area contributed by atoms with Crippen molar-refractivity contribution in [2.45, 2.75) is 135 Å². The molecule has 0 aromatic rings. The van der Waals surface area contributed by atoms with Crippen LogP contribution in [0.25, 0.3) is 0 Å². The van der Waals surface area contributed by atoms with Gasteiger partial charge in [0, 0.05) is 0 Å². The van der Waals surface area contributed by atoms with Gasteiger partial charge < -0.3 is 10.2 Å². The Hall–Kier alpha value is -0.0800. The normalized spacial score (nSPS) is 37.8. The van der Waals surface area contributed by atoms with Crippen LogP contribution in [-0.2, 0) is 0 Å². The molecule has 2 fully saturated rings. The number of rotatable bonds is 2. The van der Waals surface area contributed by atoms with E-state index >= 15 is 0 Å². The molecule has 2 aliphatic rings. The van der Waals surface area contributed by atoms with E-state index in [1.165, 1.54) is 0 Å². The first-order valence-electron chi connectivity index (χ1n) is 13.8. The lowest BCUT2D eigenvalue weighted by atomic mass is 9.49. The van der Waals surface area contributed by atoms with E-state index in [0.717, 1.165) is 25.7 Å². The average molecular weight is 465 g/mol. The van der Waals surface area contributed by atoms with Crippen LogP contribution in [0.3, 0.4) is 0 Å². The molecule has 0 aromatic carbocycles. The minimum atomic E-state index is -0.227. The summed E-state index contributed by atoms with van der Waals surface area (Å²) in [5.74, 6) is 2.49. The number of hydrogen-bond donors (Lipinski definition) is 2. The van der Waals surface area contributed by atoms with Gasteiger partial charge in [-0.3, -0.25) is 0 Å². The molecule has 0 spiro atoms. The van der Waals surface area contributed by atoms with Gasteiger partial charge >= 0.3 is 0 Å². The molecule has 2 rings (SSSR count). The lowest BCUT2D eigenvalue weighted by Gasteiger charge is -2.57. The van der Waals surface area contributed by atoms with E-state index in [1.54, 1.807) is 0 Å². The smallest absolute Gasteiger partial charge is 0.0606 e. The summed E-state index contributed by atoms with van der Waals surface area (Å²) in [6, 6.07) is 0. The topological polar surface area (TPSA) is 40.5 Å². The molecule has 0 amide bonds. The summed E-state index contributed by atoms with van der Waals surface area (Å²) in [6.45, 7) is 32.9. The molecule has 2 nitrogen and oxygen atoms in total. The van der Waals surface area contributed by atoms with Crippen LogP contribution in [0.2, 0.25) is 0 Å². The van der Waals surface area contributed by atoms with Crippen molar-refractivity contribution >= 4 is 0 Å². The first-order chi connectivity index (χ1) is 14.5. The summed E-state index contributed by atoms with van der Waals surface area (Å²) < 4.78 is 0. The van der Waals surface area contributed by atoms with E-state index in [2.05, 4.69) is 96.9 Å². The maximum atomic E-state index is 11.5. The maximum Gasteiger partial charge on any atom is 0.0606 e. The molecule has 2 aliphatic carbocycles. The summed E-state index contributed by atoms with van der Waals surface area (Å²) >= 11 is 0. The van der Waals surface area contributed by atoms with Gasteiger partial charge in [0.15, 0.2) is 0 Å². The minimum absolute atomic E-state index is 0.0995. The van der Waals surface area contributed by atoms with Crippen molar-refractivity contribution in [1.82, 2.24) is 0 Å². The minimum Gasteiger partial charge on any atom is -0.393 e. The fourth-order valence-electron chi connectivity index (χ4n) is 7.55. The van der Waals surface area contributed by atoms with Gasteiger partial charge in [-0.05, 0) is 88.3 Å². The molecular formula is C31H60O2. The monoisotopic (exact) mass is 464 g/mol. The molecule has 33 heavy (non-hydrogen) atoms. The second kappa shape index (κ2) is 9.10. The Morgan fingerprint density at radius 3 is 0.727 bits per heavy atom. The quantitative estimate of drug-likeness (QED) is 0.432. The van der Waals surface area contributed by atoms with Gasteiger partial charge in [0.05, 0.1) is 12.2 Å². The average Bonchev–Trinajstić information content (AvgIpc) is 2.57. The Kier molecular flexibility index (Phi) is 8.04. The van der Waals surface area contributed by atoms with Gasteiger partial charge in [-0.1, -0.05) is 96.9 Å². The van der Waals surface area contributed by atoms with Gasteiger partial charge in [0.2, 0.25) is 0 Å². The molecule has 4 unspecified atom stereocenters. The first-order valence-corrected chi connectivity index (χ1v) is 13.8. The van der Waals surface area contributed by atoms with Crippen LogP contribution in [0.5, 0.6) is 0 Å². The SMILES string of the molecule is CC(C)(C)C1CC(C(C)(C)C2CC(C(C)(C)C)C(O)C(C(C)(C)C)C2)CC(C(C)(C)C)C1O. The van der Waals surface area contributed by atoms with Crippen LogP contribution < -0.4 is 0 Å². The molecule has 2 N–H and O–H groups in total. The third kappa shape index (κ3) is 6.19. The zero-order valence-electron chi connectivity index (χ0n) is 24.8. The van der Waals surface area contributed by atoms with Crippen molar-refractivity contribution < 1.29 is 10.2 Å². The summed E-state index contributed by atoms with van der Waals surface area (Å²) in [5, 5.41) is 23.0. The first kappa shape index (κ1) is 29.2. The highest BCUT2D eigenvalue weighted by atomic mass is 16.3. The highest BCUT2D eigenvalue weighted by molar-refractivity contribution is 5.03. The Labute approximate surface area is 207 Å². The summed E-state index contributed by atoms with van der Waals surface area (Å²) in [7, 11) is 0. The molecule has 196 valence electrons. The van der Waals surface area contributed by atoms with Gasteiger partial charge in [-0.15, -0.1) is 0 Å². The molecule has 0 saturated heterocycles.